The summed E-state index contributed by atoms with van der Waals surface area (Å²) in [6.07, 6.45) is 0. The maximum Gasteiger partial charge on any atom is 0.256 e. The van der Waals surface area contributed by atoms with Gasteiger partial charge in [0.05, 0.1) is 23.9 Å². The number of halogens is 1. The van der Waals surface area contributed by atoms with E-state index in [-0.39, 0.29) is 17.6 Å². The van der Waals surface area contributed by atoms with Crippen LogP contribution in [0.4, 0.5) is 10.1 Å². The molecule has 0 heterocycles. The molecule has 0 aliphatic carbocycles. The Balaban J connectivity index is 3.02. The second-order valence-corrected chi connectivity index (χ2v) is 4.41. The monoisotopic (exact) mass is 268 g/mol. The first-order valence-electron chi connectivity index (χ1n) is 6.31. The largest absolute Gasteiger partial charge is 0.383 e. The number of carbonyl (C=O) groups excluding carboxylic acids is 1. The number of ether oxygens (including phenoxy) is 1. The van der Waals surface area contributed by atoms with E-state index in [9.17, 15) is 9.18 Å². The van der Waals surface area contributed by atoms with Gasteiger partial charge in [0.2, 0.25) is 0 Å². The highest BCUT2D eigenvalue weighted by Crippen LogP contribution is 2.21. The summed E-state index contributed by atoms with van der Waals surface area (Å²) in [6.45, 7) is 4.73. The molecule has 0 radical (unpaired) electrons. The summed E-state index contributed by atoms with van der Waals surface area (Å²) in [5.74, 6) is -0.638. The van der Waals surface area contributed by atoms with Gasteiger partial charge in [0.15, 0.2) is 0 Å². The standard InChI is InChI=1S/C14H21FN2O2/c1-5-16-13-11(7-6-8-12(13)15)14(18)17(3)10(2)9-19-4/h6-8,10,16H,5,9H2,1-4H3. The van der Waals surface area contributed by atoms with Crippen LogP contribution in [0.5, 0.6) is 0 Å². The van der Waals surface area contributed by atoms with E-state index in [2.05, 4.69) is 5.32 Å². The van der Waals surface area contributed by atoms with E-state index < -0.39 is 5.82 Å². The number of carbonyl (C=O) groups is 1. The smallest absolute Gasteiger partial charge is 0.256 e. The van der Waals surface area contributed by atoms with E-state index in [1.165, 1.54) is 12.1 Å². The zero-order chi connectivity index (χ0) is 14.4. The van der Waals surface area contributed by atoms with E-state index in [1.807, 2.05) is 13.8 Å². The summed E-state index contributed by atoms with van der Waals surface area (Å²) in [7, 11) is 3.27. The molecule has 4 nitrogen and oxygen atoms in total. The van der Waals surface area contributed by atoms with Crippen LogP contribution in [0.1, 0.15) is 24.2 Å². The van der Waals surface area contributed by atoms with Gasteiger partial charge in [-0.05, 0) is 26.0 Å². The second kappa shape index (κ2) is 7.09. The van der Waals surface area contributed by atoms with Crippen molar-refractivity contribution in [1.82, 2.24) is 4.90 Å². The number of hydrogen-bond acceptors (Lipinski definition) is 3. The Morgan fingerprint density at radius 2 is 2.21 bits per heavy atom. The molecule has 1 N–H and O–H groups in total. The lowest BCUT2D eigenvalue weighted by Gasteiger charge is -2.25. The number of rotatable bonds is 6. The predicted molar refractivity (Wildman–Crippen MR) is 74.0 cm³/mol. The van der Waals surface area contributed by atoms with Crippen molar-refractivity contribution < 1.29 is 13.9 Å². The van der Waals surface area contributed by atoms with Crippen LogP contribution in [-0.4, -0.2) is 44.2 Å². The van der Waals surface area contributed by atoms with E-state index >= 15 is 0 Å². The summed E-state index contributed by atoms with van der Waals surface area (Å²) in [4.78, 5) is 13.9. The highest BCUT2D eigenvalue weighted by molar-refractivity contribution is 5.99. The van der Waals surface area contributed by atoms with Crippen molar-refractivity contribution in [3.8, 4) is 0 Å². The number of hydrogen-bond donors (Lipinski definition) is 1. The van der Waals surface area contributed by atoms with Crippen molar-refractivity contribution in [1.29, 1.82) is 0 Å². The van der Waals surface area contributed by atoms with Gasteiger partial charge in [0.25, 0.3) is 5.91 Å². The van der Waals surface area contributed by atoms with Crippen molar-refractivity contribution in [3.05, 3.63) is 29.6 Å². The van der Waals surface area contributed by atoms with Crippen LogP contribution in [0, 0.1) is 5.82 Å². The normalized spacial score (nSPS) is 12.1. The summed E-state index contributed by atoms with van der Waals surface area (Å²) < 4.78 is 18.8. The fourth-order valence-electron chi connectivity index (χ4n) is 1.80. The van der Waals surface area contributed by atoms with Gasteiger partial charge in [-0.25, -0.2) is 4.39 Å². The van der Waals surface area contributed by atoms with Crippen LogP contribution >= 0.6 is 0 Å². The molecule has 0 bridgehead atoms. The zero-order valence-electron chi connectivity index (χ0n) is 11.9. The minimum atomic E-state index is -0.416. The SMILES string of the molecule is CCNc1c(F)cccc1C(=O)N(C)C(C)COC. The molecule has 0 fully saturated rings. The van der Waals surface area contributed by atoms with E-state index in [4.69, 9.17) is 4.74 Å². The molecule has 1 atom stereocenters. The number of benzene rings is 1. The maximum absolute atomic E-state index is 13.8. The number of nitrogens with one attached hydrogen (secondary N) is 1. The summed E-state index contributed by atoms with van der Waals surface area (Å²) in [5, 5.41) is 2.90. The van der Waals surface area contributed by atoms with Crippen molar-refractivity contribution in [3.63, 3.8) is 0 Å². The number of methoxy groups -OCH3 is 1. The predicted octanol–water partition coefficient (Wildman–Crippen LogP) is 2.36. The van der Waals surface area contributed by atoms with Crippen LogP contribution in [0.25, 0.3) is 0 Å². The van der Waals surface area contributed by atoms with Gasteiger partial charge in [0, 0.05) is 20.7 Å². The summed E-state index contributed by atoms with van der Waals surface area (Å²) in [6, 6.07) is 4.43. The average Bonchev–Trinajstić information content (AvgIpc) is 2.40. The number of para-hydroxylation sites is 1. The fourth-order valence-corrected chi connectivity index (χ4v) is 1.80. The Kier molecular flexibility index (Phi) is 5.76. The van der Waals surface area contributed by atoms with Gasteiger partial charge in [-0.2, -0.15) is 0 Å². The Morgan fingerprint density at radius 1 is 1.53 bits per heavy atom. The van der Waals surface area contributed by atoms with Crippen LogP contribution in [0.3, 0.4) is 0 Å². The van der Waals surface area contributed by atoms with Crippen LogP contribution < -0.4 is 5.32 Å². The molecular formula is C14H21FN2O2. The second-order valence-electron chi connectivity index (χ2n) is 4.41. The van der Waals surface area contributed by atoms with Gasteiger partial charge in [-0.1, -0.05) is 6.07 Å². The number of likely N-dealkylation sites (N-methyl/N-ethyl adjacent to an activating group) is 1. The molecule has 5 heteroatoms. The van der Waals surface area contributed by atoms with Crippen LogP contribution in [-0.2, 0) is 4.74 Å². The fraction of sp³-hybridized carbons (Fsp3) is 0.500. The first kappa shape index (κ1) is 15.4. The van der Waals surface area contributed by atoms with Crippen LogP contribution in [0.15, 0.2) is 18.2 Å². The molecule has 0 aliphatic heterocycles. The van der Waals surface area contributed by atoms with Crippen molar-refractivity contribution in [2.24, 2.45) is 0 Å². The minimum Gasteiger partial charge on any atom is -0.383 e. The Bertz CT molecular complexity index is 437. The quantitative estimate of drug-likeness (QED) is 0.861. The molecule has 1 rings (SSSR count). The van der Waals surface area contributed by atoms with E-state index in [1.54, 1.807) is 25.1 Å². The lowest BCUT2D eigenvalue weighted by Crippen LogP contribution is -2.38. The molecule has 1 aromatic carbocycles. The molecule has 0 saturated carbocycles. The molecule has 1 aromatic rings. The third-order valence-electron chi connectivity index (χ3n) is 2.99. The molecule has 1 unspecified atom stereocenters. The molecule has 106 valence electrons. The number of anilines is 1. The van der Waals surface area contributed by atoms with E-state index in [0.717, 1.165) is 0 Å². The Hall–Kier alpha value is -1.62. The topological polar surface area (TPSA) is 41.6 Å². The molecule has 0 spiro atoms. The van der Waals surface area contributed by atoms with Gasteiger partial charge >= 0.3 is 0 Å². The molecule has 0 saturated heterocycles. The zero-order valence-corrected chi connectivity index (χ0v) is 11.9. The van der Waals surface area contributed by atoms with Gasteiger partial charge in [-0.3, -0.25) is 4.79 Å². The molecule has 19 heavy (non-hydrogen) atoms. The van der Waals surface area contributed by atoms with Crippen LogP contribution in [0.2, 0.25) is 0 Å². The molecule has 0 aromatic heterocycles. The Labute approximate surface area is 113 Å². The lowest BCUT2D eigenvalue weighted by atomic mass is 10.1. The highest BCUT2D eigenvalue weighted by Gasteiger charge is 2.21. The third kappa shape index (κ3) is 3.67. The maximum atomic E-state index is 13.8. The molecular weight excluding hydrogens is 247 g/mol. The lowest BCUT2D eigenvalue weighted by molar-refractivity contribution is 0.0634. The first-order chi connectivity index (χ1) is 9.02. The highest BCUT2D eigenvalue weighted by atomic mass is 19.1. The number of amides is 1. The van der Waals surface area contributed by atoms with E-state index in [0.29, 0.717) is 18.7 Å². The first-order valence-corrected chi connectivity index (χ1v) is 6.31. The molecule has 0 aliphatic rings. The summed E-state index contributed by atoms with van der Waals surface area (Å²) in [5.41, 5.74) is 0.596. The average molecular weight is 268 g/mol. The van der Waals surface area contributed by atoms with Gasteiger partial charge in [-0.15, -0.1) is 0 Å². The number of nitrogens with zero attached hydrogens (tertiary/aromatic N) is 1. The minimum absolute atomic E-state index is 0.0738. The van der Waals surface area contributed by atoms with Gasteiger partial charge in [0.1, 0.15) is 5.82 Å². The van der Waals surface area contributed by atoms with Crippen molar-refractivity contribution in [2.75, 3.05) is 32.6 Å². The third-order valence-corrected chi connectivity index (χ3v) is 2.99. The molecule has 1 amide bonds. The van der Waals surface area contributed by atoms with Crippen molar-refractivity contribution in [2.45, 2.75) is 19.9 Å². The van der Waals surface area contributed by atoms with Gasteiger partial charge < -0.3 is 15.0 Å². The summed E-state index contributed by atoms with van der Waals surface area (Å²) >= 11 is 0. The Morgan fingerprint density at radius 3 is 2.79 bits per heavy atom. The van der Waals surface area contributed by atoms with Crippen molar-refractivity contribution >= 4 is 11.6 Å².